The third kappa shape index (κ3) is 4.65. The highest BCUT2D eigenvalue weighted by Crippen LogP contribution is 2.22. The van der Waals surface area contributed by atoms with Crippen LogP contribution in [0.4, 0.5) is 4.39 Å². The van der Waals surface area contributed by atoms with Gasteiger partial charge in [-0.2, -0.15) is 0 Å². The summed E-state index contributed by atoms with van der Waals surface area (Å²) in [5.41, 5.74) is 1.04. The summed E-state index contributed by atoms with van der Waals surface area (Å²) >= 11 is 0. The van der Waals surface area contributed by atoms with Crippen molar-refractivity contribution in [1.29, 1.82) is 0 Å². The first kappa shape index (κ1) is 15.0. The van der Waals surface area contributed by atoms with Crippen LogP contribution < -0.4 is 10.1 Å². The Morgan fingerprint density at radius 3 is 2.56 bits per heavy atom. The third-order valence-corrected chi connectivity index (χ3v) is 3.04. The van der Waals surface area contributed by atoms with Crippen molar-refractivity contribution < 1.29 is 9.13 Å². The van der Waals surface area contributed by atoms with Gasteiger partial charge in [0.15, 0.2) is 11.6 Å². The van der Waals surface area contributed by atoms with Crippen molar-refractivity contribution in [3.05, 3.63) is 29.6 Å². The molecule has 0 aliphatic heterocycles. The van der Waals surface area contributed by atoms with Gasteiger partial charge in [-0.25, -0.2) is 4.39 Å². The number of rotatable bonds is 7. The number of benzene rings is 1. The van der Waals surface area contributed by atoms with Crippen LogP contribution in [0.3, 0.4) is 0 Å². The van der Waals surface area contributed by atoms with Crippen LogP contribution >= 0.6 is 0 Å². The quantitative estimate of drug-likeness (QED) is 0.805. The van der Waals surface area contributed by atoms with Crippen LogP contribution in [0.25, 0.3) is 0 Å². The van der Waals surface area contributed by atoms with Crippen molar-refractivity contribution in [1.82, 2.24) is 5.32 Å². The van der Waals surface area contributed by atoms with E-state index in [-0.39, 0.29) is 5.82 Å². The minimum atomic E-state index is -0.275. The molecule has 2 nitrogen and oxygen atoms in total. The average molecular weight is 253 g/mol. The molecule has 18 heavy (non-hydrogen) atoms. The van der Waals surface area contributed by atoms with E-state index >= 15 is 0 Å². The molecule has 1 aromatic carbocycles. The van der Waals surface area contributed by atoms with E-state index in [1.807, 2.05) is 13.1 Å². The zero-order valence-corrected chi connectivity index (χ0v) is 11.8. The molecule has 0 fully saturated rings. The van der Waals surface area contributed by atoms with Crippen molar-refractivity contribution in [2.45, 2.75) is 26.7 Å². The van der Waals surface area contributed by atoms with Crippen LogP contribution in [-0.4, -0.2) is 20.7 Å². The molecule has 3 heteroatoms. The molecule has 0 saturated heterocycles. The molecule has 0 radical (unpaired) electrons. The van der Waals surface area contributed by atoms with Gasteiger partial charge in [0.05, 0.1) is 7.11 Å². The smallest absolute Gasteiger partial charge is 0.165 e. The monoisotopic (exact) mass is 253 g/mol. The number of hydrogen-bond donors (Lipinski definition) is 1. The Balaban J connectivity index is 2.71. The van der Waals surface area contributed by atoms with Crippen LogP contribution in [-0.2, 0) is 6.42 Å². The minimum Gasteiger partial charge on any atom is -0.494 e. The molecule has 1 rings (SSSR count). The van der Waals surface area contributed by atoms with Gasteiger partial charge in [-0.15, -0.1) is 0 Å². The lowest BCUT2D eigenvalue weighted by atomic mass is 9.91. The molecular formula is C15H24FNO. The highest BCUT2D eigenvalue weighted by Gasteiger charge is 2.12. The molecule has 1 unspecified atom stereocenters. The summed E-state index contributed by atoms with van der Waals surface area (Å²) < 4.78 is 18.5. The second-order valence-electron chi connectivity index (χ2n) is 5.23. The van der Waals surface area contributed by atoms with Gasteiger partial charge < -0.3 is 10.1 Å². The molecule has 0 aliphatic carbocycles. The Hall–Kier alpha value is -1.09. The summed E-state index contributed by atoms with van der Waals surface area (Å²) in [6, 6.07) is 5.24. The van der Waals surface area contributed by atoms with Crippen molar-refractivity contribution in [3.8, 4) is 5.75 Å². The lowest BCUT2D eigenvalue weighted by molar-refractivity contribution is 0.382. The van der Waals surface area contributed by atoms with Gasteiger partial charge >= 0.3 is 0 Å². The van der Waals surface area contributed by atoms with Crippen molar-refractivity contribution >= 4 is 0 Å². The van der Waals surface area contributed by atoms with E-state index in [1.54, 1.807) is 12.1 Å². The fourth-order valence-corrected chi connectivity index (χ4v) is 2.36. The number of nitrogens with one attached hydrogen (secondary N) is 1. The predicted molar refractivity (Wildman–Crippen MR) is 73.5 cm³/mol. The molecule has 0 bridgehead atoms. The summed E-state index contributed by atoms with van der Waals surface area (Å²) in [6.45, 7) is 5.40. The van der Waals surface area contributed by atoms with Crippen LogP contribution in [0.2, 0.25) is 0 Å². The van der Waals surface area contributed by atoms with Gasteiger partial charge in [0, 0.05) is 0 Å². The Morgan fingerprint density at radius 1 is 1.33 bits per heavy atom. The summed E-state index contributed by atoms with van der Waals surface area (Å²) in [5.74, 6) is 1.24. The van der Waals surface area contributed by atoms with Crippen LogP contribution in [0.1, 0.15) is 25.8 Å². The summed E-state index contributed by atoms with van der Waals surface area (Å²) in [4.78, 5) is 0. The fraction of sp³-hybridized carbons (Fsp3) is 0.600. The topological polar surface area (TPSA) is 21.3 Å². The number of halogens is 1. The van der Waals surface area contributed by atoms with Gasteiger partial charge in [0.1, 0.15) is 0 Å². The second kappa shape index (κ2) is 7.37. The molecule has 1 N–H and O–H groups in total. The molecule has 0 heterocycles. The largest absolute Gasteiger partial charge is 0.494 e. The fourth-order valence-electron chi connectivity index (χ4n) is 2.36. The highest BCUT2D eigenvalue weighted by atomic mass is 19.1. The molecule has 1 atom stereocenters. The van der Waals surface area contributed by atoms with Crippen molar-refractivity contribution in [2.75, 3.05) is 20.7 Å². The molecule has 102 valence electrons. The average Bonchev–Trinajstić information content (AvgIpc) is 2.28. The van der Waals surface area contributed by atoms with E-state index in [0.717, 1.165) is 24.9 Å². The predicted octanol–water partition coefficient (Wildman–Crippen LogP) is 3.26. The molecular weight excluding hydrogens is 229 g/mol. The molecule has 0 aliphatic rings. The zero-order valence-electron chi connectivity index (χ0n) is 11.8. The Bertz CT molecular complexity index is 366. The Kier molecular flexibility index (Phi) is 6.13. The minimum absolute atomic E-state index is 0.275. The number of methoxy groups -OCH3 is 1. The summed E-state index contributed by atoms with van der Waals surface area (Å²) in [5, 5.41) is 3.21. The number of hydrogen-bond acceptors (Lipinski definition) is 2. The van der Waals surface area contributed by atoms with Crippen molar-refractivity contribution in [3.63, 3.8) is 0 Å². The van der Waals surface area contributed by atoms with E-state index in [4.69, 9.17) is 4.74 Å². The standard InChI is InChI=1S/C15H24FNO/c1-11(2)7-13(10-17-3)8-12-5-6-15(18-4)14(16)9-12/h5-6,9,11,13,17H,7-8,10H2,1-4H3. The lowest BCUT2D eigenvalue weighted by Gasteiger charge is -2.19. The molecule has 0 spiro atoms. The summed E-state index contributed by atoms with van der Waals surface area (Å²) in [6.07, 6.45) is 2.05. The van der Waals surface area contributed by atoms with Gasteiger partial charge in [-0.05, 0) is 56.0 Å². The maximum atomic E-state index is 13.6. The van der Waals surface area contributed by atoms with E-state index < -0.39 is 0 Å². The molecule has 1 aromatic rings. The Labute approximate surface area is 110 Å². The molecule has 0 saturated carbocycles. The Morgan fingerprint density at radius 2 is 2.06 bits per heavy atom. The normalized spacial score (nSPS) is 12.8. The van der Waals surface area contributed by atoms with E-state index in [2.05, 4.69) is 19.2 Å². The zero-order chi connectivity index (χ0) is 13.5. The van der Waals surface area contributed by atoms with Crippen LogP contribution in [0, 0.1) is 17.7 Å². The maximum absolute atomic E-state index is 13.6. The van der Waals surface area contributed by atoms with E-state index in [0.29, 0.717) is 17.6 Å². The summed E-state index contributed by atoms with van der Waals surface area (Å²) in [7, 11) is 3.45. The number of ether oxygens (including phenoxy) is 1. The van der Waals surface area contributed by atoms with Crippen LogP contribution in [0.5, 0.6) is 5.75 Å². The first-order chi connectivity index (χ1) is 8.56. The van der Waals surface area contributed by atoms with Gasteiger partial charge in [0.2, 0.25) is 0 Å². The highest BCUT2D eigenvalue weighted by molar-refractivity contribution is 5.29. The maximum Gasteiger partial charge on any atom is 0.165 e. The van der Waals surface area contributed by atoms with Gasteiger partial charge in [0.25, 0.3) is 0 Å². The van der Waals surface area contributed by atoms with Gasteiger partial charge in [-0.1, -0.05) is 19.9 Å². The SMILES string of the molecule is CNCC(Cc1ccc(OC)c(F)c1)CC(C)C. The second-order valence-corrected chi connectivity index (χ2v) is 5.23. The first-order valence-electron chi connectivity index (χ1n) is 6.53. The molecule has 0 amide bonds. The van der Waals surface area contributed by atoms with Crippen molar-refractivity contribution in [2.24, 2.45) is 11.8 Å². The van der Waals surface area contributed by atoms with Crippen LogP contribution in [0.15, 0.2) is 18.2 Å². The first-order valence-corrected chi connectivity index (χ1v) is 6.53. The molecule has 0 aromatic heterocycles. The van der Waals surface area contributed by atoms with E-state index in [9.17, 15) is 4.39 Å². The van der Waals surface area contributed by atoms with Gasteiger partial charge in [-0.3, -0.25) is 0 Å². The third-order valence-electron chi connectivity index (χ3n) is 3.04. The van der Waals surface area contributed by atoms with E-state index in [1.165, 1.54) is 7.11 Å². The lowest BCUT2D eigenvalue weighted by Crippen LogP contribution is -2.22.